The van der Waals surface area contributed by atoms with Crippen LogP contribution >= 0.6 is 11.6 Å². The lowest BCUT2D eigenvalue weighted by molar-refractivity contribution is -0.120. The Morgan fingerprint density at radius 3 is 2.53 bits per heavy atom. The van der Waals surface area contributed by atoms with Gasteiger partial charge < -0.3 is 10.1 Å². The Labute approximate surface area is 179 Å². The molecule has 0 radical (unpaired) electrons. The van der Waals surface area contributed by atoms with Crippen molar-refractivity contribution in [2.24, 2.45) is 5.10 Å². The van der Waals surface area contributed by atoms with Crippen LogP contribution in [0.4, 0.5) is 0 Å². The number of carbonyl (C=O) groups excluding carboxylic acids is 2. The predicted molar refractivity (Wildman–Crippen MR) is 117 cm³/mol. The first-order valence-electron chi connectivity index (χ1n) is 9.23. The van der Waals surface area contributed by atoms with Gasteiger partial charge in [-0.15, -0.1) is 0 Å². The number of nitrogens with zero attached hydrogens (tertiary/aromatic N) is 1. The highest BCUT2D eigenvalue weighted by Gasteiger charge is 2.10. The fourth-order valence-corrected chi connectivity index (χ4v) is 2.77. The van der Waals surface area contributed by atoms with Crippen LogP contribution in [0.15, 0.2) is 84.0 Å². The van der Waals surface area contributed by atoms with Gasteiger partial charge in [-0.05, 0) is 35.4 Å². The van der Waals surface area contributed by atoms with Gasteiger partial charge in [0.2, 0.25) is 0 Å². The molecule has 0 saturated heterocycles. The summed E-state index contributed by atoms with van der Waals surface area (Å²) in [5, 5.41) is 6.73. The average Bonchev–Trinajstić information content (AvgIpc) is 2.77. The molecule has 0 fully saturated rings. The normalized spacial score (nSPS) is 10.6. The molecule has 3 aromatic carbocycles. The molecule has 0 atom stereocenters. The Morgan fingerprint density at radius 2 is 1.73 bits per heavy atom. The molecule has 0 aliphatic rings. The van der Waals surface area contributed by atoms with E-state index < -0.39 is 11.8 Å². The van der Waals surface area contributed by atoms with Crippen LogP contribution in [0.1, 0.15) is 21.5 Å². The summed E-state index contributed by atoms with van der Waals surface area (Å²) in [6.07, 6.45) is 1.50. The van der Waals surface area contributed by atoms with Crippen molar-refractivity contribution in [2.75, 3.05) is 6.54 Å². The van der Waals surface area contributed by atoms with Gasteiger partial charge in [0, 0.05) is 0 Å². The van der Waals surface area contributed by atoms with Crippen LogP contribution in [-0.4, -0.2) is 24.6 Å². The molecule has 2 N–H and O–H groups in total. The molecule has 0 aliphatic heterocycles. The summed E-state index contributed by atoms with van der Waals surface area (Å²) < 4.78 is 5.77. The number of carbonyl (C=O) groups is 2. The second kappa shape index (κ2) is 10.8. The average molecular weight is 422 g/mol. The highest BCUT2D eigenvalue weighted by molar-refractivity contribution is 6.33. The summed E-state index contributed by atoms with van der Waals surface area (Å²) in [7, 11) is 0. The first kappa shape index (κ1) is 21.1. The molecule has 0 aliphatic carbocycles. The van der Waals surface area contributed by atoms with E-state index >= 15 is 0 Å². The monoisotopic (exact) mass is 421 g/mol. The van der Waals surface area contributed by atoms with E-state index in [1.54, 1.807) is 24.3 Å². The quantitative estimate of drug-likeness (QED) is 0.429. The Bertz CT molecular complexity index is 1040. The van der Waals surface area contributed by atoms with Crippen LogP contribution in [0.2, 0.25) is 5.02 Å². The maximum atomic E-state index is 12.0. The molecular formula is C23H20ClN3O3. The zero-order valence-corrected chi connectivity index (χ0v) is 16.8. The van der Waals surface area contributed by atoms with Crippen molar-refractivity contribution in [3.8, 4) is 5.75 Å². The molecule has 0 aromatic heterocycles. The van der Waals surface area contributed by atoms with Crippen molar-refractivity contribution in [3.63, 3.8) is 0 Å². The van der Waals surface area contributed by atoms with Crippen LogP contribution in [0.3, 0.4) is 0 Å². The number of halogens is 1. The number of amides is 2. The third kappa shape index (κ3) is 6.46. The molecular weight excluding hydrogens is 402 g/mol. The maximum Gasteiger partial charge on any atom is 0.259 e. The van der Waals surface area contributed by atoms with E-state index in [4.69, 9.17) is 16.3 Å². The van der Waals surface area contributed by atoms with Gasteiger partial charge in [-0.1, -0.05) is 66.2 Å². The van der Waals surface area contributed by atoms with Crippen LogP contribution in [0.5, 0.6) is 5.75 Å². The number of hydrogen-bond donors (Lipinski definition) is 2. The molecule has 2 amide bonds. The third-order valence-electron chi connectivity index (χ3n) is 4.04. The lowest BCUT2D eigenvalue weighted by atomic mass is 10.2. The van der Waals surface area contributed by atoms with E-state index in [0.717, 1.165) is 11.1 Å². The third-order valence-corrected chi connectivity index (χ3v) is 4.37. The lowest BCUT2D eigenvalue weighted by Crippen LogP contribution is -2.35. The topological polar surface area (TPSA) is 79.8 Å². The molecule has 0 bridgehead atoms. The van der Waals surface area contributed by atoms with Crippen molar-refractivity contribution in [1.82, 2.24) is 10.7 Å². The maximum absolute atomic E-state index is 12.0. The van der Waals surface area contributed by atoms with Crippen molar-refractivity contribution < 1.29 is 14.3 Å². The summed E-state index contributed by atoms with van der Waals surface area (Å²) in [6.45, 7) is 0.241. The molecule has 152 valence electrons. The van der Waals surface area contributed by atoms with Crippen LogP contribution in [-0.2, 0) is 11.4 Å². The number of rotatable bonds is 8. The van der Waals surface area contributed by atoms with Gasteiger partial charge in [0.25, 0.3) is 11.8 Å². The number of benzene rings is 3. The highest BCUT2D eigenvalue weighted by atomic mass is 35.5. The van der Waals surface area contributed by atoms with Crippen molar-refractivity contribution >= 4 is 29.6 Å². The molecule has 3 aromatic rings. The van der Waals surface area contributed by atoms with Crippen LogP contribution < -0.4 is 15.5 Å². The van der Waals surface area contributed by atoms with Gasteiger partial charge in [0.05, 0.1) is 23.3 Å². The van der Waals surface area contributed by atoms with Gasteiger partial charge >= 0.3 is 0 Å². The molecule has 3 rings (SSSR count). The number of hydrazone groups is 1. The van der Waals surface area contributed by atoms with Gasteiger partial charge in [-0.3, -0.25) is 9.59 Å². The van der Waals surface area contributed by atoms with Crippen molar-refractivity contribution in [3.05, 3.63) is 101 Å². The first-order valence-corrected chi connectivity index (χ1v) is 9.61. The molecule has 0 heterocycles. The molecule has 0 unspecified atom stereocenters. The SMILES string of the molecule is O=C(CNC(=O)c1ccccc1Cl)NN=Cc1cccc(OCc2ccccc2)c1. The standard InChI is InChI=1S/C23H20ClN3O3/c24-21-12-5-4-11-20(21)23(29)25-15-22(28)27-26-14-18-9-6-10-19(13-18)30-16-17-7-2-1-3-8-17/h1-14H,15-16H2,(H,25,29)(H,27,28). The van der Waals surface area contributed by atoms with E-state index in [9.17, 15) is 9.59 Å². The second-order valence-corrected chi connectivity index (χ2v) is 6.71. The summed E-state index contributed by atoms with van der Waals surface area (Å²) >= 11 is 5.96. The smallest absolute Gasteiger partial charge is 0.259 e. The van der Waals surface area contributed by atoms with Gasteiger partial charge in [-0.2, -0.15) is 5.10 Å². The van der Waals surface area contributed by atoms with Crippen molar-refractivity contribution in [2.45, 2.75) is 6.61 Å². The summed E-state index contributed by atoms with van der Waals surface area (Å²) in [5.41, 5.74) is 4.52. The Balaban J connectivity index is 1.46. The predicted octanol–water partition coefficient (Wildman–Crippen LogP) is 3.80. The van der Waals surface area contributed by atoms with Crippen LogP contribution in [0, 0.1) is 0 Å². The zero-order chi connectivity index (χ0) is 21.2. The summed E-state index contributed by atoms with van der Waals surface area (Å²) in [5.74, 6) is -0.188. The molecule has 6 nitrogen and oxygen atoms in total. The summed E-state index contributed by atoms with van der Waals surface area (Å²) in [6, 6.07) is 23.8. The minimum Gasteiger partial charge on any atom is -0.489 e. The van der Waals surface area contributed by atoms with Gasteiger partial charge in [0.1, 0.15) is 12.4 Å². The minimum atomic E-state index is -0.455. The van der Waals surface area contributed by atoms with E-state index in [-0.39, 0.29) is 6.54 Å². The van der Waals surface area contributed by atoms with Crippen molar-refractivity contribution in [1.29, 1.82) is 0 Å². The van der Waals surface area contributed by atoms with E-state index in [1.165, 1.54) is 6.21 Å². The Kier molecular flexibility index (Phi) is 7.58. The number of nitrogens with one attached hydrogen (secondary N) is 2. The zero-order valence-electron chi connectivity index (χ0n) is 16.0. The Morgan fingerprint density at radius 1 is 0.967 bits per heavy atom. The van der Waals surface area contributed by atoms with Gasteiger partial charge in [0.15, 0.2) is 0 Å². The van der Waals surface area contributed by atoms with E-state index in [1.807, 2.05) is 54.6 Å². The molecule has 7 heteroatoms. The van der Waals surface area contributed by atoms with Gasteiger partial charge in [-0.25, -0.2) is 5.43 Å². The fourth-order valence-electron chi connectivity index (χ4n) is 2.55. The number of ether oxygens (including phenoxy) is 1. The summed E-state index contributed by atoms with van der Waals surface area (Å²) in [4.78, 5) is 23.9. The fraction of sp³-hybridized carbons (Fsp3) is 0.0870. The van der Waals surface area contributed by atoms with E-state index in [0.29, 0.717) is 22.9 Å². The molecule has 30 heavy (non-hydrogen) atoms. The Hall–Kier alpha value is -3.64. The largest absolute Gasteiger partial charge is 0.489 e. The first-order chi connectivity index (χ1) is 14.6. The van der Waals surface area contributed by atoms with Crippen LogP contribution in [0.25, 0.3) is 0 Å². The number of hydrogen-bond acceptors (Lipinski definition) is 4. The minimum absolute atomic E-state index is 0.221. The highest BCUT2D eigenvalue weighted by Crippen LogP contribution is 2.15. The van der Waals surface area contributed by atoms with E-state index in [2.05, 4.69) is 15.8 Å². The second-order valence-electron chi connectivity index (χ2n) is 6.30. The molecule has 0 saturated carbocycles. The lowest BCUT2D eigenvalue weighted by Gasteiger charge is -2.07. The molecule has 0 spiro atoms.